The van der Waals surface area contributed by atoms with Crippen molar-refractivity contribution in [3.05, 3.63) is 34.0 Å². The molecule has 0 radical (unpaired) electrons. The fourth-order valence-electron chi connectivity index (χ4n) is 3.17. The quantitative estimate of drug-likeness (QED) is 0.811. The molecule has 0 spiro atoms. The van der Waals surface area contributed by atoms with Crippen LogP contribution in [0.25, 0.3) is 0 Å². The monoisotopic (exact) mass is 375 g/mol. The Balaban J connectivity index is 1.68. The molecule has 0 saturated heterocycles. The summed E-state index contributed by atoms with van der Waals surface area (Å²) in [5, 5.41) is 16.2. The van der Waals surface area contributed by atoms with Gasteiger partial charge in [-0.2, -0.15) is 0 Å². The van der Waals surface area contributed by atoms with E-state index in [4.69, 9.17) is 0 Å². The van der Waals surface area contributed by atoms with Gasteiger partial charge in [-0.25, -0.2) is 0 Å². The van der Waals surface area contributed by atoms with Crippen molar-refractivity contribution in [2.45, 2.75) is 58.7 Å². The van der Waals surface area contributed by atoms with Crippen molar-refractivity contribution in [1.82, 2.24) is 25.4 Å². The molecule has 26 heavy (non-hydrogen) atoms. The van der Waals surface area contributed by atoms with Gasteiger partial charge in [0.2, 0.25) is 5.91 Å². The molecule has 2 N–H and O–H groups in total. The van der Waals surface area contributed by atoms with Crippen molar-refractivity contribution < 1.29 is 9.59 Å². The lowest BCUT2D eigenvalue weighted by molar-refractivity contribution is -0.124. The minimum Gasteiger partial charge on any atom is -0.345 e. The van der Waals surface area contributed by atoms with Crippen LogP contribution < -0.4 is 10.6 Å². The number of carbonyl (C=O) groups is 2. The number of nitrogens with one attached hydrogen (secondary N) is 2. The molecular weight excluding hydrogens is 350 g/mol. The number of fused-ring (bicyclic) bond motifs is 1. The van der Waals surface area contributed by atoms with Gasteiger partial charge >= 0.3 is 0 Å². The van der Waals surface area contributed by atoms with E-state index >= 15 is 0 Å². The molecule has 2 atom stereocenters. The summed E-state index contributed by atoms with van der Waals surface area (Å²) >= 11 is 1.36. The van der Waals surface area contributed by atoms with Crippen LogP contribution in [-0.2, 0) is 17.8 Å². The standard InChI is InChI=1S/C18H25N5O2S/c1-11(2)15(20-17(24)13-7-6-10-26-13)18(25)19-12(3)16-22-21-14-8-4-5-9-23(14)16/h6-7,10-12,15H,4-5,8-9H2,1-3H3,(H,19,25)(H,20,24)/t12-,15+/m1/s1. The number of aromatic nitrogens is 3. The summed E-state index contributed by atoms with van der Waals surface area (Å²) in [4.78, 5) is 25.7. The normalized spacial score (nSPS) is 16.0. The van der Waals surface area contributed by atoms with E-state index in [2.05, 4.69) is 25.4 Å². The number of thiophene rings is 1. The number of nitrogens with zero attached hydrogens (tertiary/aromatic N) is 3. The second kappa shape index (κ2) is 7.99. The SMILES string of the molecule is CC(C)[C@H](NC(=O)c1cccs1)C(=O)N[C@H](C)c1nnc2n1CCCC2. The van der Waals surface area contributed by atoms with Gasteiger partial charge in [-0.05, 0) is 37.1 Å². The molecule has 2 aromatic heterocycles. The summed E-state index contributed by atoms with van der Waals surface area (Å²) in [6, 6.07) is 2.71. The summed E-state index contributed by atoms with van der Waals surface area (Å²) in [5.74, 6) is 1.31. The highest BCUT2D eigenvalue weighted by Crippen LogP contribution is 2.19. The van der Waals surface area contributed by atoms with Crippen LogP contribution in [0.2, 0.25) is 0 Å². The molecule has 0 fully saturated rings. The molecule has 1 aliphatic heterocycles. The predicted octanol–water partition coefficient (Wildman–Crippen LogP) is 2.31. The summed E-state index contributed by atoms with van der Waals surface area (Å²) in [7, 11) is 0. The molecule has 0 aliphatic carbocycles. The first-order valence-corrected chi connectivity index (χ1v) is 9.92. The Morgan fingerprint density at radius 1 is 1.19 bits per heavy atom. The molecule has 0 saturated carbocycles. The van der Waals surface area contributed by atoms with Gasteiger partial charge in [0.15, 0.2) is 5.82 Å². The summed E-state index contributed by atoms with van der Waals surface area (Å²) < 4.78 is 2.10. The highest BCUT2D eigenvalue weighted by atomic mass is 32.1. The van der Waals surface area contributed by atoms with Crippen LogP contribution in [-0.4, -0.2) is 32.6 Å². The number of hydrogen-bond donors (Lipinski definition) is 2. The maximum atomic E-state index is 12.8. The van der Waals surface area contributed by atoms with Crippen LogP contribution in [0.15, 0.2) is 17.5 Å². The number of amides is 2. The Hall–Kier alpha value is -2.22. The van der Waals surface area contributed by atoms with Gasteiger partial charge < -0.3 is 15.2 Å². The van der Waals surface area contributed by atoms with Crippen molar-refractivity contribution in [2.24, 2.45) is 5.92 Å². The molecule has 3 rings (SSSR count). The Kier molecular flexibility index (Phi) is 5.70. The highest BCUT2D eigenvalue weighted by molar-refractivity contribution is 7.12. The first-order chi connectivity index (χ1) is 12.5. The zero-order valence-electron chi connectivity index (χ0n) is 15.4. The Morgan fingerprint density at radius 2 is 2.00 bits per heavy atom. The van der Waals surface area contributed by atoms with E-state index in [0.29, 0.717) is 4.88 Å². The van der Waals surface area contributed by atoms with E-state index in [1.54, 1.807) is 6.07 Å². The topological polar surface area (TPSA) is 88.9 Å². The van der Waals surface area contributed by atoms with E-state index in [-0.39, 0.29) is 23.8 Å². The van der Waals surface area contributed by atoms with Crippen molar-refractivity contribution >= 4 is 23.2 Å². The van der Waals surface area contributed by atoms with Crippen molar-refractivity contribution in [3.63, 3.8) is 0 Å². The number of hydrogen-bond acceptors (Lipinski definition) is 5. The van der Waals surface area contributed by atoms with E-state index in [9.17, 15) is 9.59 Å². The molecule has 2 aromatic rings. The molecule has 8 heteroatoms. The maximum absolute atomic E-state index is 12.8. The Morgan fingerprint density at radius 3 is 2.69 bits per heavy atom. The van der Waals surface area contributed by atoms with Gasteiger partial charge in [-0.15, -0.1) is 21.5 Å². The van der Waals surface area contributed by atoms with Crippen LogP contribution in [0, 0.1) is 5.92 Å². The molecule has 1 aliphatic rings. The predicted molar refractivity (Wildman–Crippen MR) is 99.9 cm³/mol. The Bertz CT molecular complexity index is 769. The summed E-state index contributed by atoms with van der Waals surface area (Å²) in [5.41, 5.74) is 0. The molecular formula is C18H25N5O2S. The molecule has 0 aromatic carbocycles. The van der Waals surface area contributed by atoms with Gasteiger partial charge in [0.1, 0.15) is 11.9 Å². The highest BCUT2D eigenvalue weighted by Gasteiger charge is 2.28. The number of rotatable bonds is 6. The van der Waals surface area contributed by atoms with Crippen molar-refractivity contribution in [3.8, 4) is 0 Å². The Labute approximate surface area is 157 Å². The zero-order valence-corrected chi connectivity index (χ0v) is 16.2. The molecule has 140 valence electrons. The molecule has 0 unspecified atom stereocenters. The maximum Gasteiger partial charge on any atom is 0.262 e. The van der Waals surface area contributed by atoms with Gasteiger partial charge in [-0.3, -0.25) is 9.59 Å². The number of carbonyl (C=O) groups excluding carboxylic acids is 2. The van der Waals surface area contributed by atoms with E-state index in [1.165, 1.54) is 11.3 Å². The van der Waals surface area contributed by atoms with Crippen LogP contribution in [0.4, 0.5) is 0 Å². The summed E-state index contributed by atoms with van der Waals surface area (Å²) in [6.07, 6.45) is 3.16. The van der Waals surface area contributed by atoms with Gasteiger partial charge in [0.05, 0.1) is 10.9 Å². The summed E-state index contributed by atoms with van der Waals surface area (Å²) in [6.45, 7) is 6.63. The lowest BCUT2D eigenvalue weighted by atomic mass is 10.0. The third-order valence-corrected chi connectivity index (χ3v) is 5.48. The first kappa shape index (κ1) is 18.6. The molecule has 0 bridgehead atoms. The minimum absolute atomic E-state index is 0.0292. The second-order valence-electron chi connectivity index (χ2n) is 6.99. The third kappa shape index (κ3) is 3.95. The van der Waals surface area contributed by atoms with Crippen molar-refractivity contribution in [1.29, 1.82) is 0 Å². The first-order valence-electron chi connectivity index (χ1n) is 9.04. The molecule has 2 amide bonds. The number of aryl methyl sites for hydroxylation is 1. The lowest BCUT2D eigenvalue weighted by Crippen LogP contribution is -2.50. The van der Waals surface area contributed by atoms with E-state index in [0.717, 1.165) is 37.5 Å². The lowest BCUT2D eigenvalue weighted by Gasteiger charge is -2.24. The third-order valence-electron chi connectivity index (χ3n) is 4.61. The zero-order chi connectivity index (χ0) is 18.7. The second-order valence-corrected chi connectivity index (χ2v) is 7.93. The molecule has 3 heterocycles. The van der Waals surface area contributed by atoms with Crippen molar-refractivity contribution in [2.75, 3.05) is 0 Å². The van der Waals surface area contributed by atoms with Gasteiger partial charge in [-0.1, -0.05) is 19.9 Å². The van der Waals surface area contributed by atoms with Gasteiger partial charge in [0, 0.05) is 13.0 Å². The van der Waals surface area contributed by atoms with Crippen LogP contribution in [0.5, 0.6) is 0 Å². The van der Waals surface area contributed by atoms with Crippen LogP contribution >= 0.6 is 11.3 Å². The van der Waals surface area contributed by atoms with E-state index in [1.807, 2.05) is 32.2 Å². The molecule has 7 nitrogen and oxygen atoms in total. The minimum atomic E-state index is -0.601. The van der Waals surface area contributed by atoms with Crippen LogP contribution in [0.3, 0.4) is 0 Å². The van der Waals surface area contributed by atoms with Gasteiger partial charge in [0.25, 0.3) is 5.91 Å². The average Bonchev–Trinajstić information content (AvgIpc) is 3.28. The fourth-order valence-corrected chi connectivity index (χ4v) is 3.80. The fraction of sp³-hybridized carbons (Fsp3) is 0.556. The van der Waals surface area contributed by atoms with E-state index < -0.39 is 6.04 Å². The smallest absolute Gasteiger partial charge is 0.262 e. The largest absolute Gasteiger partial charge is 0.345 e. The van der Waals surface area contributed by atoms with Crippen LogP contribution in [0.1, 0.15) is 61.0 Å². The average molecular weight is 375 g/mol.